The lowest BCUT2D eigenvalue weighted by Gasteiger charge is -1.94. The second-order valence-corrected chi connectivity index (χ2v) is 2.38. The molecule has 0 aliphatic heterocycles. The van der Waals surface area contributed by atoms with Crippen LogP contribution in [-0.4, -0.2) is 10.9 Å². The summed E-state index contributed by atoms with van der Waals surface area (Å²) in [4.78, 5) is 13.2. The van der Waals surface area contributed by atoms with Gasteiger partial charge in [0.1, 0.15) is 23.7 Å². The Balaban J connectivity index is 3.03. The third-order valence-electron chi connectivity index (χ3n) is 1.36. The van der Waals surface area contributed by atoms with E-state index in [-0.39, 0.29) is 17.2 Å². The molecule has 0 saturated carbocycles. The van der Waals surface area contributed by atoms with Crippen LogP contribution < -0.4 is 5.32 Å². The monoisotopic (exact) mass is 174 g/mol. The van der Waals surface area contributed by atoms with E-state index in [1.807, 2.05) is 12.1 Å². The van der Waals surface area contributed by atoms with Crippen molar-refractivity contribution in [3.05, 3.63) is 17.3 Å². The molecule has 0 spiro atoms. The Labute approximate surface area is 74.6 Å². The number of amides is 1. The van der Waals surface area contributed by atoms with Crippen LogP contribution in [0.2, 0.25) is 0 Å². The maximum Gasteiger partial charge on any atom is 0.222 e. The van der Waals surface area contributed by atoms with Gasteiger partial charge in [-0.1, -0.05) is 0 Å². The number of rotatable bonds is 1. The quantitative estimate of drug-likeness (QED) is 0.656. The zero-order valence-corrected chi connectivity index (χ0v) is 6.88. The second kappa shape index (κ2) is 3.42. The molecule has 1 amide bonds. The van der Waals surface area contributed by atoms with E-state index in [4.69, 9.17) is 10.5 Å². The minimum atomic E-state index is -0.254. The minimum absolute atomic E-state index is 0.159. The number of aromatic nitrogens is 1. The molecule has 0 aromatic carbocycles. The molecule has 5 nitrogen and oxygen atoms in total. The van der Waals surface area contributed by atoms with Gasteiger partial charge in [0, 0.05) is 6.92 Å². The summed E-state index contributed by atoms with van der Waals surface area (Å²) >= 11 is 0. The van der Waals surface area contributed by atoms with Crippen molar-refractivity contribution < 1.29 is 4.79 Å². The molecular weight excluding hydrogens is 168 g/mol. The van der Waals surface area contributed by atoms with Crippen molar-refractivity contribution in [1.82, 2.24) is 4.98 Å². The molecule has 1 heterocycles. The number of H-pyrrole nitrogens is 1. The van der Waals surface area contributed by atoms with Gasteiger partial charge in [0.15, 0.2) is 0 Å². The van der Waals surface area contributed by atoms with Crippen molar-refractivity contribution in [3.63, 3.8) is 0 Å². The number of nitriles is 2. The van der Waals surface area contributed by atoms with Crippen LogP contribution in [0.3, 0.4) is 0 Å². The second-order valence-electron chi connectivity index (χ2n) is 2.38. The molecule has 0 fully saturated rings. The number of carbonyl (C=O) groups is 1. The van der Waals surface area contributed by atoms with Crippen molar-refractivity contribution in [2.24, 2.45) is 0 Å². The fourth-order valence-corrected chi connectivity index (χ4v) is 0.888. The Hall–Kier alpha value is -2.27. The van der Waals surface area contributed by atoms with E-state index in [2.05, 4.69) is 10.3 Å². The van der Waals surface area contributed by atoms with Crippen molar-refractivity contribution in [3.8, 4) is 12.1 Å². The van der Waals surface area contributed by atoms with Gasteiger partial charge in [0.2, 0.25) is 5.91 Å². The largest absolute Gasteiger partial charge is 0.332 e. The molecule has 13 heavy (non-hydrogen) atoms. The van der Waals surface area contributed by atoms with E-state index >= 15 is 0 Å². The van der Waals surface area contributed by atoms with Crippen LogP contribution in [0.1, 0.15) is 18.2 Å². The molecule has 2 N–H and O–H groups in total. The van der Waals surface area contributed by atoms with E-state index in [1.165, 1.54) is 13.0 Å². The van der Waals surface area contributed by atoms with Gasteiger partial charge >= 0.3 is 0 Å². The molecule has 64 valence electrons. The first-order chi connectivity index (χ1) is 6.17. The van der Waals surface area contributed by atoms with Gasteiger partial charge in [0.05, 0.1) is 5.56 Å². The summed E-state index contributed by atoms with van der Waals surface area (Å²) in [5.74, 6) is 0.107. The first-order valence-corrected chi connectivity index (χ1v) is 3.48. The SMILES string of the molecule is CC(=O)Nc1cc(C#N)c(C#N)[nH]1. The lowest BCUT2D eigenvalue weighted by atomic mass is 10.3. The maximum absolute atomic E-state index is 10.6. The molecule has 0 atom stereocenters. The average Bonchev–Trinajstić information content (AvgIpc) is 2.45. The maximum atomic E-state index is 10.6. The highest BCUT2D eigenvalue weighted by atomic mass is 16.1. The number of hydrogen-bond donors (Lipinski definition) is 2. The molecule has 0 saturated heterocycles. The summed E-state index contributed by atoms with van der Waals surface area (Å²) in [6.45, 7) is 1.35. The number of hydrogen-bond acceptors (Lipinski definition) is 3. The summed E-state index contributed by atoms with van der Waals surface area (Å²) < 4.78 is 0. The summed E-state index contributed by atoms with van der Waals surface area (Å²) in [7, 11) is 0. The Morgan fingerprint density at radius 2 is 2.23 bits per heavy atom. The normalized spacial score (nSPS) is 8.54. The number of nitrogens with zero attached hydrogens (tertiary/aromatic N) is 2. The predicted octanol–water partition coefficient (Wildman–Crippen LogP) is 0.716. The van der Waals surface area contributed by atoms with Crippen LogP contribution in [0.5, 0.6) is 0 Å². The third kappa shape index (κ3) is 1.85. The van der Waals surface area contributed by atoms with Gasteiger partial charge in [-0.2, -0.15) is 10.5 Å². The van der Waals surface area contributed by atoms with E-state index in [0.29, 0.717) is 5.82 Å². The first-order valence-electron chi connectivity index (χ1n) is 3.48. The molecule has 0 unspecified atom stereocenters. The van der Waals surface area contributed by atoms with E-state index in [9.17, 15) is 4.79 Å². The molecule has 0 bridgehead atoms. The number of aromatic amines is 1. The highest BCUT2D eigenvalue weighted by molar-refractivity contribution is 5.88. The smallest absolute Gasteiger partial charge is 0.222 e. The van der Waals surface area contributed by atoms with Crippen LogP contribution in [-0.2, 0) is 4.79 Å². The molecule has 1 aromatic rings. The van der Waals surface area contributed by atoms with Gasteiger partial charge in [-0.15, -0.1) is 0 Å². The van der Waals surface area contributed by atoms with Gasteiger partial charge in [-0.3, -0.25) is 4.79 Å². The lowest BCUT2D eigenvalue weighted by molar-refractivity contribution is -0.114. The average molecular weight is 174 g/mol. The topological polar surface area (TPSA) is 92.5 Å². The van der Waals surface area contributed by atoms with E-state index in [1.54, 1.807) is 0 Å². The zero-order valence-electron chi connectivity index (χ0n) is 6.88. The van der Waals surface area contributed by atoms with Crippen LogP contribution in [0.15, 0.2) is 6.07 Å². The fourth-order valence-electron chi connectivity index (χ4n) is 0.888. The highest BCUT2D eigenvalue weighted by Gasteiger charge is 2.06. The lowest BCUT2D eigenvalue weighted by Crippen LogP contribution is -2.05. The highest BCUT2D eigenvalue weighted by Crippen LogP contribution is 2.12. The number of anilines is 1. The van der Waals surface area contributed by atoms with Gasteiger partial charge in [-0.05, 0) is 6.07 Å². The van der Waals surface area contributed by atoms with E-state index < -0.39 is 0 Å². The predicted molar refractivity (Wildman–Crippen MR) is 44.5 cm³/mol. The summed E-state index contributed by atoms with van der Waals surface area (Å²) in [6, 6.07) is 5.06. The van der Waals surface area contributed by atoms with Crippen molar-refractivity contribution in [1.29, 1.82) is 10.5 Å². The van der Waals surface area contributed by atoms with Gasteiger partial charge in [0.25, 0.3) is 0 Å². The Kier molecular flexibility index (Phi) is 2.32. The Morgan fingerprint density at radius 1 is 1.54 bits per heavy atom. The number of carbonyl (C=O) groups excluding carboxylic acids is 1. The van der Waals surface area contributed by atoms with Crippen molar-refractivity contribution in [2.45, 2.75) is 6.92 Å². The number of nitrogens with one attached hydrogen (secondary N) is 2. The standard InChI is InChI=1S/C8H6N4O/c1-5(13)11-8-2-6(3-9)7(4-10)12-8/h2,12H,1H3,(H,11,13). The molecular formula is C8H6N4O. The van der Waals surface area contributed by atoms with Crippen molar-refractivity contribution in [2.75, 3.05) is 5.32 Å². The minimum Gasteiger partial charge on any atom is -0.332 e. The van der Waals surface area contributed by atoms with Gasteiger partial charge < -0.3 is 10.3 Å². The molecule has 0 radical (unpaired) electrons. The summed E-state index contributed by atoms with van der Waals surface area (Å²) in [5, 5.41) is 19.6. The van der Waals surface area contributed by atoms with Crippen LogP contribution >= 0.6 is 0 Å². The molecule has 1 rings (SSSR count). The zero-order chi connectivity index (χ0) is 9.84. The van der Waals surface area contributed by atoms with Crippen LogP contribution in [0.4, 0.5) is 5.82 Å². The van der Waals surface area contributed by atoms with Crippen LogP contribution in [0, 0.1) is 22.7 Å². The molecule has 0 aliphatic carbocycles. The summed E-state index contributed by atoms with van der Waals surface area (Å²) in [6.07, 6.45) is 0. The summed E-state index contributed by atoms with van der Waals surface area (Å²) in [5.41, 5.74) is 0.387. The molecule has 1 aromatic heterocycles. The molecule has 0 aliphatic rings. The third-order valence-corrected chi connectivity index (χ3v) is 1.36. The van der Waals surface area contributed by atoms with E-state index in [0.717, 1.165) is 0 Å². The molecule has 5 heteroatoms. The van der Waals surface area contributed by atoms with Crippen molar-refractivity contribution >= 4 is 11.7 Å². The Morgan fingerprint density at radius 3 is 2.62 bits per heavy atom. The van der Waals surface area contributed by atoms with Gasteiger partial charge in [-0.25, -0.2) is 0 Å². The Bertz CT molecular complexity index is 387. The fraction of sp³-hybridized carbons (Fsp3) is 0.125. The van der Waals surface area contributed by atoms with Crippen LogP contribution in [0.25, 0.3) is 0 Å². The first kappa shape index (κ1) is 8.82.